The third kappa shape index (κ3) is 4.01. The van der Waals surface area contributed by atoms with Gasteiger partial charge in [0.2, 0.25) is 5.43 Å². The van der Waals surface area contributed by atoms with Gasteiger partial charge in [0.25, 0.3) is 0 Å². The Bertz CT molecular complexity index is 709. The highest BCUT2D eigenvalue weighted by Gasteiger charge is 2.18. The molecule has 21 heavy (non-hydrogen) atoms. The molecule has 0 saturated carbocycles. The molecule has 0 amide bonds. The predicted octanol–water partition coefficient (Wildman–Crippen LogP) is 0.850. The summed E-state index contributed by atoms with van der Waals surface area (Å²) in [5, 5.41) is 8.22. The van der Waals surface area contributed by atoms with E-state index in [0.29, 0.717) is 5.69 Å². The molecule has 0 atom stereocenters. The molecule has 0 aliphatic rings. The molecule has 0 radical (unpaired) electrons. The quantitative estimate of drug-likeness (QED) is 0.783. The predicted molar refractivity (Wildman–Crippen MR) is 76.1 cm³/mol. The third-order valence-corrected chi connectivity index (χ3v) is 2.57. The summed E-state index contributed by atoms with van der Waals surface area (Å²) in [6, 6.07) is 1.37. The summed E-state index contributed by atoms with van der Waals surface area (Å²) >= 11 is 0. The van der Waals surface area contributed by atoms with E-state index >= 15 is 0 Å². The van der Waals surface area contributed by atoms with Crippen molar-refractivity contribution >= 4 is 5.97 Å². The van der Waals surface area contributed by atoms with E-state index in [9.17, 15) is 9.59 Å². The molecule has 0 fully saturated rings. The van der Waals surface area contributed by atoms with Gasteiger partial charge in [-0.25, -0.2) is 4.68 Å². The van der Waals surface area contributed by atoms with Gasteiger partial charge in [-0.2, -0.15) is 10.2 Å². The van der Waals surface area contributed by atoms with E-state index in [0.717, 1.165) is 0 Å². The summed E-state index contributed by atoms with van der Waals surface area (Å²) in [6.45, 7) is 5.33. The second kappa shape index (κ2) is 5.51. The molecule has 0 bridgehead atoms. The van der Waals surface area contributed by atoms with Crippen LogP contribution in [0, 0.1) is 0 Å². The Morgan fingerprint density at radius 2 is 2.10 bits per heavy atom. The number of nitrogens with zero attached hydrogens (tertiary/aromatic N) is 4. The largest absolute Gasteiger partial charge is 0.460 e. The summed E-state index contributed by atoms with van der Waals surface area (Å²) < 4.78 is 8.34. The molecule has 0 aliphatic carbocycles. The van der Waals surface area contributed by atoms with E-state index in [-0.39, 0.29) is 17.5 Å². The molecule has 0 spiro atoms. The highest BCUT2D eigenvalue weighted by molar-refractivity contribution is 5.72. The normalized spacial score (nSPS) is 11.4. The summed E-state index contributed by atoms with van der Waals surface area (Å²) in [5.41, 5.74) is -0.0200. The second-order valence-electron chi connectivity index (χ2n) is 5.71. The maximum absolute atomic E-state index is 11.8. The van der Waals surface area contributed by atoms with Crippen molar-refractivity contribution in [3.63, 3.8) is 0 Å². The highest BCUT2D eigenvalue weighted by Crippen LogP contribution is 2.08. The van der Waals surface area contributed by atoms with Gasteiger partial charge in [-0.3, -0.25) is 14.3 Å². The minimum absolute atomic E-state index is 0.149. The van der Waals surface area contributed by atoms with Gasteiger partial charge in [-0.15, -0.1) is 0 Å². The molecule has 0 aromatic carbocycles. The van der Waals surface area contributed by atoms with Gasteiger partial charge in [-0.05, 0) is 20.8 Å². The summed E-state index contributed by atoms with van der Waals surface area (Å²) in [5.74, 6) is -0.476. The van der Waals surface area contributed by atoms with Gasteiger partial charge in [-0.1, -0.05) is 0 Å². The number of hydrogen-bond acceptors (Lipinski definition) is 5. The lowest BCUT2D eigenvalue weighted by atomic mass is 10.2. The van der Waals surface area contributed by atoms with Crippen molar-refractivity contribution in [2.24, 2.45) is 7.05 Å². The van der Waals surface area contributed by atoms with Crippen LogP contribution in [0.4, 0.5) is 0 Å². The molecule has 2 aromatic rings. The van der Waals surface area contributed by atoms with Crippen LogP contribution in [-0.2, 0) is 23.0 Å². The Hall–Kier alpha value is -2.44. The Labute approximate surface area is 122 Å². The summed E-state index contributed by atoms with van der Waals surface area (Å²) in [7, 11) is 1.79. The first-order valence-electron chi connectivity index (χ1n) is 6.54. The monoisotopic (exact) mass is 290 g/mol. The van der Waals surface area contributed by atoms with E-state index in [4.69, 9.17) is 4.74 Å². The van der Waals surface area contributed by atoms with E-state index in [1.165, 1.54) is 16.9 Å². The maximum atomic E-state index is 11.8. The molecule has 0 aliphatic heterocycles. The van der Waals surface area contributed by atoms with Crippen LogP contribution < -0.4 is 5.43 Å². The van der Waals surface area contributed by atoms with Crippen LogP contribution in [0.1, 0.15) is 26.5 Å². The molecule has 2 rings (SSSR count). The van der Waals surface area contributed by atoms with Crippen LogP contribution >= 0.6 is 0 Å². The van der Waals surface area contributed by atoms with Crippen LogP contribution in [0.5, 0.6) is 0 Å². The molecule has 112 valence electrons. The molecule has 7 heteroatoms. The first-order valence-corrected chi connectivity index (χ1v) is 6.54. The average Bonchev–Trinajstić information content (AvgIpc) is 2.76. The van der Waals surface area contributed by atoms with Gasteiger partial charge >= 0.3 is 5.97 Å². The number of aryl methyl sites for hydroxylation is 1. The number of ether oxygens (including phenoxy) is 1. The van der Waals surface area contributed by atoms with E-state index in [1.54, 1.807) is 44.9 Å². The van der Waals surface area contributed by atoms with Gasteiger partial charge < -0.3 is 4.74 Å². The van der Waals surface area contributed by atoms with Crippen molar-refractivity contribution in [3.05, 3.63) is 40.6 Å². The fraction of sp³-hybridized carbons (Fsp3) is 0.429. The van der Waals surface area contributed by atoms with Crippen LogP contribution in [-0.4, -0.2) is 31.1 Å². The Morgan fingerprint density at radius 3 is 2.67 bits per heavy atom. The zero-order chi connectivity index (χ0) is 15.6. The molecule has 7 nitrogen and oxygen atoms in total. The fourth-order valence-corrected chi connectivity index (χ4v) is 1.75. The molecule has 2 heterocycles. The van der Waals surface area contributed by atoms with E-state index in [2.05, 4.69) is 10.2 Å². The molecule has 2 aromatic heterocycles. The van der Waals surface area contributed by atoms with Crippen molar-refractivity contribution in [2.45, 2.75) is 32.8 Å². The lowest BCUT2D eigenvalue weighted by molar-refractivity contribution is -0.154. The minimum Gasteiger partial charge on any atom is -0.460 e. The van der Waals surface area contributed by atoms with Crippen molar-refractivity contribution in [1.29, 1.82) is 0 Å². The van der Waals surface area contributed by atoms with Gasteiger partial charge in [0, 0.05) is 19.3 Å². The van der Waals surface area contributed by atoms with Crippen molar-refractivity contribution in [3.8, 4) is 5.69 Å². The number of aromatic nitrogens is 4. The minimum atomic E-state index is -0.589. The second-order valence-corrected chi connectivity index (χ2v) is 5.71. The molecular formula is C14H18N4O3. The van der Waals surface area contributed by atoms with Crippen LogP contribution in [0.15, 0.2) is 29.5 Å². The lowest BCUT2D eigenvalue weighted by Crippen LogP contribution is -2.27. The van der Waals surface area contributed by atoms with Gasteiger partial charge in [0.15, 0.2) is 0 Å². The van der Waals surface area contributed by atoms with Gasteiger partial charge in [0.05, 0.1) is 18.8 Å². The number of esters is 1. The van der Waals surface area contributed by atoms with Crippen LogP contribution in [0.25, 0.3) is 5.69 Å². The van der Waals surface area contributed by atoms with E-state index in [1.807, 2.05) is 0 Å². The molecule has 0 saturated heterocycles. The van der Waals surface area contributed by atoms with Crippen LogP contribution in [0.2, 0.25) is 0 Å². The van der Waals surface area contributed by atoms with Crippen molar-refractivity contribution in [1.82, 2.24) is 19.6 Å². The fourth-order valence-electron chi connectivity index (χ4n) is 1.75. The summed E-state index contributed by atoms with van der Waals surface area (Å²) in [4.78, 5) is 23.6. The maximum Gasteiger partial charge on any atom is 0.312 e. The lowest BCUT2D eigenvalue weighted by Gasteiger charge is -2.19. The topological polar surface area (TPSA) is 79.0 Å². The molecular weight excluding hydrogens is 272 g/mol. The van der Waals surface area contributed by atoms with Crippen molar-refractivity contribution in [2.75, 3.05) is 0 Å². The van der Waals surface area contributed by atoms with Crippen molar-refractivity contribution < 1.29 is 9.53 Å². The number of hydrogen-bond donors (Lipinski definition) is 0. The zero-order valence-electron chi connectivity index (χ0n) is 12.5. The first kappa shape index (κ1) is 15.0. The Kier molecular flexibility index (Phi) is 3.93. The zero-order valence-corrected chi connectivity index (χ0v) is 12.5. The van der Waals surface area contributed by atoms with Crippen LogP contribution in [0.3, 0.4) is 0 Å². The smallest absolute Gasteiger partial charge is 0.312 e. The van der Waals surface area contributed by atoms with Gasteiger partial charge in [0.1, 0.15) is 17.0 Å². The average molecular weight is 290 g/mol. The number of carbonyl (C=O) groups is 1. The SMILES string of the molecule is Cn1cc(-n2ccc(=O)c(CC(=O)OC(C)(C)C)n2)cn1. The van der Waals surface area contributed by atoms with E-state index < -0.39 is 11.6 Å². The molecule has 0 unspecified atom stereocenters. The number of carbonyl (C=O) groups excluding carboxylic acids is 1. The molecule has 0 N–H and O–H groups in total. The third-order valence-electron chi connectivity index (χ3n) is 2.57. The first-order chi connectivity index (χ1) is 9.74. The Balaban J connectivity index is 2.24. The Morgan fingerprint density at radius 1 is 1.38 bits per heavy atom. The summed E-state index contributed by atoms with van der Waals surface area (Å²) in [6.07, 6.45) is 4.76. The highest BCUT2D eigenvalue weighted by atomic mass is 16.6. The standard InChI is InChI=1S/C14H18N4O3/c1-14(2,3)21-13(20)7-11-12(19)5-6-18(16-11)10-8-15-17(4)9-10/h5-6,8-9H,7H2,1-4H3. The number of rotatable bonds is 3.